The van der Waals surface area contributed by atoms with Crippen molar-refractivity contribution in [3.05, 3.63) is 60.2 Å². The number of nitrogens with zero attached hydrogens (tertiary/aromatic N) is 5. The molecule has 0 aliphatic carbocycles. The number of rotatable bonds is 24. The van der Waals surface area contributed by atoms with Crippen LogP contribution in [0.4, 0.5) is 13.2 Å². The van der Waals surface area contributed by atoms with Crippen LogP contribution in [0.1, 0.15) is 75.2 Å². The molecule has 2 aliphatic rings. The van der Waals surface area contributed by atoms with Crippen molar-refractivity contribution in [3.8, 4) is 22.9 Å². The summed E-state index contributed by atoms with van der Waals surface area (Å²) in [5, 5.41) is 5.66. The molecule has 5 amide bonds. The number of ether oxygens (including phenoxy) is 5. The lowest BCUT2D eigenvalue weighted by Crippen LogP contribution is -2.54. The SMILES string of the molecule is CC(C)(C)[C@H](NC(=O)COCCOCCOCCNC(=O)CCCn1cnc(-c2cnc(OC3CCN(C(=O)Cc4ccc(OC(F)(F)F)cc4)CC3)c(C(N)=O)c2)c1)C(=O)N1CCCC1. The van der Waals surface area contributed by atoms with Gasteiger partial charge >= 0.3 is 6.36 Å². The van der Waals surface area contributed by atoms with Gasteiger partial charge in [0.1, 0.15) is 30.1 Å². The molecule has 0 spiro atoms. The van der Waals surface area contributed by atoms with Gasteiger partial charge < -0.3 is 54.4 Å². The number of piperidine rings is 1. The highest BCUT2D eigenvalue weighted by atomic mass is 19.4. The Balaban J connectivity index is 0.910. The fraction of sp³-hybridized carbons (Fsp3) is 0.578. The molecule has 4 heterocycles. The van der Waals surface area contributed by atoms with E-state index in [0.29, 0.717) is 95.2 Å². The first-order valence-electron chi connectivity index (χ1n) is 22.1. The van der Waals surface area contributed by atoms with E-state index in [1.807, 2.05) is 25.3 Å². The van der Waals surface area contributed by atoms with Crippen molar-refractivity contribution in [2.45, 2.75) is 90.8 Å². The molecular weight excluding hydrogens is 870 g/mol. The molecule has 66 heavy (non-hydrogen) atoms. The van der Waals surface area contributed by atoms with Crippen LogP contribution in [0.5, 0.6) is 11.6 Å². The number of amides is 5. The first-order chi connectivity index (χ1) is 31.4. The molecular formula is C45H61F3N8O10. The average molecular weight is 931 g/mol. The van der Waals surface area contributed by atoms with Gasteiger partial charge in [0.2, 0.25) is 29.5 Å². The molecule has 3 aromatic rings. The maximum Gasteiger partial charge on any atom is 0.573 e. The highest BCUT2D eigenvalue weighted by molar-refractivity contribution is 5.96. The number of benzene rings is 1. The number of carbonyl (C=O) groups excluding carboxylic acids is 5. The van der Waals surface area contributed by atoms with E-state index in [-0.39, 0.29) is 79.6 Å². The first kappa shape index (κ1) is 51.2. The van der Waals surface area contributed by atoms with Gasteiger partial charge in [0, 0.05) is 76.5 Å². The minimum atomic E-state index is -4.80. The maximum absolute atomic E-state index is 12.9. The zero-order chi connectivity index (χ0) is 47.7. The summed E-state index contributed by atoms with van der Waals surface area (Å²) in [6.07, 6.45) is 3.51. The summed E-state index contributed by atoms with van der Waals surface area (Å²) in [4.78, 5) is 75.4. The van der Waals surface area contributed by atoms with Gasteiger partial charge in [-0.25, -0.2) is 9.97 Å². The maximum atomic E-state index is 12.9. The lowest BCUT2D eigenvalue weighted by atomic mass is 9.85. The third-order valence-electron chi connectivity index (χ3n) is 10.8. The molecule has 21 heteroatoms. The molecule has 0 unspecified atom stereocenters. The van der Waals surface area contributed by atoms with Gasteiger partial charge in [-0.2, -0.15) is 0 Å². The Kier molecular flexibility index (Phi) is 19.1. The Morgan fingerprint density at radius 1 is 0.864 bits per heavy atom. The molecule has 0 bridgehead atoms. The summed E-state index contributed by atoms with van der Waals surface area (Å²) in [6.45, 7) is 10.1. The molecule has 2 fully saturated rings. The van der Waals surface area contributed by atoms with E-state index in [2.05, 4.69) is 25.3 Å². The highest BCUT2D eigenvalue weighted by Gasteiger charge is 2.36. The third kappa shape index (κ3) is 16.9. The minimum absolute atomic E-state index is 0.0164. The molecule has 2 aromatic heterocycles. The van der Waals surface area contributed by atoms with Crippen LogP contribution >= 0.6 is 0 Å². The summed E-state index contributed by atoms with van der Waals surface area (Å²) in [5.74, 6) is -1.74. The van der Waals surface area contributed by atoms with Crippen LogP contribution < -0.4 is 25.8 Å². The Morgan fingerprint density at radius 3 is 2.18 bits per heavy atom. The van der Waals surface area contributed by atoms with Gasteiger partial charge in [0.15, 0.2) is 0 Å². The second kappa shape index (κ2) is 24.6. The predicted molar refractivity (Wildman–Crippen MR) is 233 cm³/mol. The Hall–Kier alpha value is -5.80. The number of primary amides is 1. The number of halogens is 3. The van der Waals surface area contributed by atoms with Crippen molar-refractivity contribution in [1.82, 2.24) is 35.0 Å². The molecule has 362 valence electrons. The van der Waals surface area contributed by atoms with E-state index in [0.717, 1.165) is 12.8 Å². The number of imidazole rings is 1. The number of carbonyl (C=O) groups is 5. The zero-order valence-electron chi connectivity index (χ0n) is 37.7. The fourth-order valence-electron chi connectivity index (χ4n) is 7.32. The van der Waals surface area contributed by atoms with Crippen LogP contribution in [0.25, 0.3) is 11.3 Å². The lowest BCUT2D eigenvalue weighted by Gasteiger charge is -2.33. The molecule has 2 saturated heterocycles. The van der Waals surface area contributed by atoms with Gasteiger partial charge in [-0.15, -0.1) is 13.2 Å². The van der Waals surface area contributed by atoms with E-state index in [4.69, 9.17) is 24.7 Å². The molecule has 4 N–H and O–H groups in total. The Labute approximate surface area is 382 Å². The van der Waals surface area contributed by atoms with Gasteiger partial charge in [0.05, 0.1) is 51.5 Å². The molecule has 18 nitrogen and oxygen atoms in total. The molecule has 5 rings (SSSR count). The quantitative estimate of drug-likeness (QED) is 0.110. The molecule has 0 saturated carbocycles. The van der Waals surface area contributed by atoms with Gasteiger partial charge in [0.25, 0.3) is 5.91 Å². The van der Waals surface area contributed by atoms with Crippen LogP contribution in [0.15, 0.2) is 49.1 Å². The van der Waals surface area contributed by atoms with Crippen molar-refractivity contribution in [1.29, 1.82) is 0 Å². The normalized spacial score (nSPS) is 15.1. The summed E-state index contributed by atoms with van der Waals surface area (Å²) in [6, 6.07) is 6.10. The molecule has 1 atom stereocenters. The van der Waals surface area contributed by atoms with Gasteiger partial charge in [-0.3, -0.25) is 24.0 Å². The number of aryl methyl sites for hydroxylation is 1. The Morgan fingerprint density at radius 2 is 1.53 bits per heavy atom. The van der Waals surface area contributed by atoms with Gasteiger partial charge in [-0.1, -0.05) is 32.9 Å². The number of pyridine rings is 1. The van der Waals surface area contributed by atoms with Crippen LogP contribution in [-0.2, 0) is 46.4 Å². The lowest BCUT2D eigenvalue weighted by molar-refractivity contribution is -0.274. The van der Waals surface area contributed by atoms with Crippen LogP contribution in [0.2, 0.25) is 0 Å². The van der Waals surface area contributed by atoms with Crippen LogP contribution in [0, 0.1) is 5.41 Å². The number of likely N-dealkylation sites (tertiary alicyclic amines) is 2. The zero-order valence-corrected chi connectivity index (χ0v) is 37.7. The summed E-state index contributed by atoms with van der Waals surface area (Å²) >= 11 is 0. The molecule has 0 radical (unpaired) electrons. The van der Waals surface area contributed by atoms with Crippen LogP contribution in [-0.4, -0.2) is 145 Å². The van der Waals surface area contributed by atoms with E-state index in [1.165, 1.54) is 30.5 Å². The molecule has 2 aliphatic heterocycles. The van der Waals surface area contributed by atoms with Crippen molar-refractivity contribution < 1.29 is 60.8 Å². The van der Waals surface area contributed by atoms with Crippen molar-refractivity contribution in [2.75, 3.05) is 72.4 Å². The Bertz CT molecular complexity index is 2060. The van der Waals surface area contributed by atoms with E-state index < -0.39 is 23.7 Å². The smallest absolute Gasteiger partial charge is 0.474 e. The predicted octanol–water partition coefficient (Wildman–Crippen LogP) is 3.65. The number of nitrogens with two attached hydrogens (primary N) is 1. The standard InChI is InChI=1S/C45H61F3N8O10/c1-44(2,3)40(43(61)56-16-4-5-17-56)53-38(58)29-64-24-23-63-22-21-62-20-14-50-37(57)7-6-15-54-28-36(52-30-54)32-26-35(41(49)60)42(51-27-32)65-33-12-18-55(19-13-33)39(59)25-31-8-10-34(11-9-31)66-45(46,47)48/h8-11,26-28,30,33,40H,4-7,12-25,29H2,1-3H3,(H2,49,60)(H,50,57)(H,53,58)/t40-/m1/s1. The first-order valence-corrected chi connectivity index (χ1v) is 22.1. The monoisotopic (exact) mass is 930 g/mol. The number of hydrogen-bond acceptors (Lipinski definition) is 12. The summed E-state index contributed by atoms with van der Waals surface area (Å²) in [7, 11) is 0. The minimum Gasteiger partial charge on any atom is -0.474 e. The van der Waals surface area contributed by atoms with Crippen molar-refractivity contribution >= 4 is 29.5 Å². The second-order valence-corrected chi connectivity index (χ2v) is 17.1. The number of hydrogen-bond donors (Lipinski definition) is 3. The largest absolute Gasteiger partial charge is 0.573 e. The van der Waals surface area contributed by atoms with E-state index in [9.17, 15) is 37.1 Å². The van der Waals surface area contributed by atoms with Gasteiger partial charge in [-0.05, 0) is 48.4 Å². The second-order valence-electron chi connectivity index (χ2n) is 17.1. The topological polar surface area (TPSA) is 219 Å². The average Bonchev–Trinajstić information content (AvgIpc) is 3.98. The number of nitrogens with one attached hydrogen (secondary N) is 2. The van der Waals surface area contributed by atoms with E-state index >= 15 is 0 Å². The summed E-state index contributed by atoms with van der Waals surface area (Å²) < 4.78 is 65.6. The molecule has 1 aromatic carbocycles. The highest BCUT2D eigenvalue weighted by Crippen LogP contribution is 2.27. The summed E-state index contributed by atoms with van der Waals surface area (Å²) in [5.41, 5.74) is 6.98. The number of aromatic nitrogens is 3. The number of alkyl halides is 3. The van der Waals surface area contributed by atoms with Crippen LogP contribution in [0.3, 0.4) is 0 Å². The van der Waals surface area contributed by atoms with Crippen molar-refractivity contribution in [2.24, 2.45) is 11.1 Å². The van der Waals surface area contributed by atoms with Crippen molar-refractivity contribution in [3.63, 3.8) is 0 Å². The third-order valence-corrected chi connectivity index (χ3v) is 10.8. The fourth-order valence-corrected chi connectivity index (χ4v) is 7.32. The van der Waals surface area contributed by atoms with E-state index in [1.54, 1.807) is 28.4 Å².